The van der Waals surface area contributed by atoms with E-state index < -0.39 is 5.97 Å². The topological polar surface area (TPSA) is 63.7 Å². The number of esters is 1. The lowest BCUT2D eigenvalue weighted by Gasteiger charge is -2.43. The highest BCUT2D eigenvalue weighted by molar-refractivity contribution is 6.10. The second kappa shape index (κ2) is 7.80. The molecule has 0 radical (unpaired) electrons. The first kappa shape index (κ1) is 21.0. The molecule has 4 rings (SSSR count). The fourth-order valence-corrected chi connectivity index (χ4v) is 4.82. The van der Waals surface area contributed by atoms with Crippen LogP contribution in [0.15, 0.2) is 59.8 Å². The number of methoxy groups -OCH3 is 1. The molecule has 0 saturated heterocycles. The minimum atomic E-state index is -0.507. The third-order valence-corrected chi connectivity index (χ3v) is 6.14. The maximum atomic E-state index is 13.5. The zero-order valence-corrected chi connectivity index (χ0v) is 18.4. The average molecular weight is 418 g/mol. The summed E-state index contributed by atoms with van der Waals surface area (Å²) in [6.45, 7) is 6.09. The molecule has 5 heteroatoms. The van der Waals surface area contributed by atoms with Crippen LogP contribution in [0.5, 0.6) is 0 Å². The van der Waals surface area contributed by atoms with E-state index in [4.69, 9.17) is 4.74 Å². The number of carbonyl (C=O) groups excluding carboxylic acids is 3. The SMILES string of the molecule is COC(=O)c1ccccc1N1C(=O)CC(c2cccc(C)c2)C2=C1CC(C)(C)CC2=O. The summed E-state index contributed by atoms with van der Waals surface area (Å²) in [4.78, 5) is 40.9. The van der Waals surface area contributed by atoms with E-state index in [-0.39, 0.29) is 29.4 Å². The predicted molar refractivity (Wildman–Crippen MR) is 119 cm³/mol. The van der Waals surface area contributed by atoms with Gasteiger partial charge in [-0.2, -0.15) is 0 Å². The third-order valence-electron chi connectivity index (χ3n) is 6.14. The quantitative estimate of drug-likeness (QED) is 0.663. The lowest BCUT2D eigenvalue weighted by atomic mass is 9.69. The van der Waals surface area contributed by atoms with Crippen LogP contribution in [0, 0.1) is 12.3 Å². The Morgan fingerprint density at radius 3 is 2.52 bits per heavy atom. The fourth-order valence-electron chi connectivity index (χ4n) is 4.82. The van der Waals surface area contributed by atoms with Crippen LogP contribution >= 0.6 is 0 Å². The summed E-state index contributed by atoms with van der Waals surface area (Å²) in [6.07, 6.45) is 1.20. The Bertz CT molecular complexity index is 1110. The minimum absolute atomic E-state index is 0.0748. The average Bonchev–Trinajstić information content (AvgIpc) is 2.71. The molecule has 31 heavy (non-hydrogen) atoms. The highest BCUT2D eigenvalue weighted by atomic mass is 16.5. The van der Waals surface area contributed by atoms with Gasteiger partial charge in [0.15, 0.2) is 5.78 Å². The molecule has 0 saturated carbocycles. The summed E-state index contributed by atoms with van der Waals surface area (Å²) < 4.78 is 4.94. The van der Waals surface area contributed by atoms with Crippen molar-refractivity contribution >= 4 is 23.3 Å². The summed E-state index contributed by atoms with van der Waals surface area (Å²) in [5.74, 6) is -0.821. The first-order valence-corrected chi connectivity index (χ1v) is 10.5. The highest BCUT2D eigenvalue weighted by Gasteiger charge is 2.45. The Kier molecular flexibility index (Phi) is 5.29. The number of rotatable bonds is 3. The van der Waals surface area contributed by atoms with Crippen molar-refractivity contribution in [2.45, 2.75) is 46.0 Å². The molecule has 1 aliphatic carbocycles. The van der Waals surface area contributed by atoms with Crippen LogP contribution in [0.2, 0.25) is 0 Å². The Hall–Kier alpha value is -3.21. The van der Waals surface area contributed by atoms with Gasteiger partial charge in [-0.1, -0.05) is 55.8 Å². The van der Waals surface area contributed by atoms with Crippen LogP contribution in [0.1, 0.15) is 60.5 Å². The first-order valence-electron chi connectivity index (χ1n) is 10.5. The number of Topliss-reactive ketones (excluding diaryl/α,β-unsaturated/α-hetero) is 1. The zero-order valence-electron chi connectivity index (χ0n) is 18.4. The van der Waals surface area contributed by atoms with Gasteiger partial charge in [0.2, 0.25) is 5.91 Å². The number of amides is 1. The largest absolute Gasteiger partial charge is 0.465 e. The van der Waals surface area contributed by atoms with Gasteiger partial charge in [0, 0.05) is 30.0 Å². The molecule has 2 aromatic rings. The number of benzene rings is 2. The minimum Gasteiger partial charge on any atom is -0.465 e. The second-order valence-corrected chi connectivity index (χ2v) is 9.21. The van der Waals surface area contributed by atoms with E-state index in [1.807, 2.05) is 45.0 Å². The molecule has 1 unspecified atom stereocenters. The Balaban J connectivity index is 1.94. The number of nitrogens with zero attached hydrogens (tertiary/aromatic N) is 1. The number of allylic oxidation sites excluding steroid dienone is 2. The van der Waals surface area contributed by atoms with Crippen molar-refractivity contribution in [1.82, 2.24) is 0 Å². The number of ketones is 1. The smallest absolute Gasteiger partial charge is 0.339 e. The second-order valence-electron chi connectivity index (χ2n) is 9.21. The van der Waals surface area contributed by atoms with Crippen LogP contribution < -0.4 is 4.90 Å². The van der Waals surface area contributed by atoms with Crippen molar-refractivity contribution in [3.63, 3.8) is 0 Å². The van der Waals surface area contributed by atoms with Crippen LogP contribution in [0.4, 0.5) is 5.69 Å². The molecule has 5 nitrogen and oxygen atoms in total. The van der Waals surface area contributed by atoms with Crippen molar-refractivity contribution < 1.29 is 19.1 Å². The standard InChI is InChI=1S/C26H27NO4/c1-16-8-7-9-17(12-16)19-13-23(29)27(20-11-6-5-10-18(20)25(30)31-4)21-14-26(2,3)15-22(28)24(19)21/h5-12,19H,13-15H2,1-4H3. The third kappa shape index (κ3) is 3.80. The van der Waals surface area contributed by atoms with E-state index in [0.29, 0.717) is 35.4 Å². The molecule has 0 fully saturated rings. The Morgan fingerprint density at radius 2 is 1.81 bits per heavy atom. The van der Waals surface area contributed by atoms with E-state index >= 15 is 0 Å². The summed E-state index contributed by atoms with van der Waals surface area (Å²) in [6, 6.07) is 14.9. The highest BCUT2D eigenvalue weighted by Crippen LogP contribution is 2.48. The molecule has 1 amide bonds. The number of para-hydroxylation sites is 1. The molecule has 0 N–H and O–H groups in total. The fraction of sp³-hybridized carbons (Fsp3) is 0.346. The lowest BCUT2D eigenvalue weighted by Crippen LogP contribution is -2.44. The van der Waals surface area contributed by atoms with Gasteiger partial charge >= 0.3 is 5.97 Å². The monoisotopic (exact) mass is 417 g/mol. The maximum absolute atomic E-state index is 13.5. The number of ether oxygens (including phenoxy) is 1. The molecular formula is C26H27NO4. The van der Waals surface area contributed by atoms with Gasteiger partial charge in [-0.25, -0.2) is 4.79 Å². The zero-order chi connectivity index (χ0) is 22.3. The molecule has 0 bridgehead atoms. The number of carbonyl (C=O) groups is 3. The van der Waals surface area contributed by atoms with Crippen molar-refractivity contribution in [2.75, 3.05) is 12.0 Å². The van der Waals surface area contributed by atoms with Gasteiger partial charge in [0.05, 0.1) is 18.4 Å². The molecule has 2 aliphatic rings. The summed E-state index contributed by atoms with van der Waals surface area (Å²) in [5, 5.41) is 0. The van der Waals surface area contributed by atoms with E-state index in [9.17, 15) is 14.4 Å². The van der Waals surface area contributed by atoms with Crippen LogP contribution in [-0.4, -0.2) is 24.8 Å². The molecule has 2 aromatic carbocycles. The number of aryl methyl sites for hydroxylation is 1. The van der Waals surface area contributed by atoms with Crippen molar-refractivity contribution in [3.05, 3.63) is 76.5 Å². The van der Waals surface area contributed by atoms with Crippen molar-refractivity contribution in [2.24, 2.45) is 5.41 Å². The van der Waals surface area contributed by atoms with Gasteiger partial charge in [0.1, 0.15) is 0 Å². The maximum Gasteiger partial charge on any atom is 0.339 e. The van der Waals surface area contributed by atoms with Crippen LogP contribution in [-0.2, 0) is 14.3 Å². The number of hydrogen-bond acceptors (Lipinski definition) is 4. The Labute approximate surface area is 182 Å². The van der Waals surface area contributed by atoms with E-state index in [2.05, 4.69) is 0 Å². The van der Waals surface area contributed by atoms with Gasteiger partial charge in [-0.15, -0.1) is 0 Å². The van der Waals surface area contributed by atoms with Gasteiger partial charge in [-0.05, 0) is 36.5 Å². The van der Waals surface area contributed by atoms with E-state index in [0.717, 1.165) is 11.1 Å². The summed E-state index contributed by atoms with van der Waals surface area (Å²) >= 11 is 0. The molecule has 1 aliphatic heterocycles. The molecule has 160 valence electrons. The van der Waals surface area contributed by atoms with Crippen LogP contribution in [0.3, 0.4) is 0 Å². The van der Waals surface area contributed by atoms with Gasteiger partial charge in [-0.3, -0.25) is 14.5 Å². The predicted octanol–water partition coefficient (Wildman–Crippen LogP) is 4.95. The first-order chi connectivity index (χ1) is 14.7. The van der Waals surface area contributed by atoms with E-state index in [1.54, 1.807) is 29.2 Å². The normalized spacial score (nSPS) is 20.5. The van der Waals surface area contributed by atoms with Crippen molar-refractivity contribution in [3.8, 4) is 0 Å². The molecule has 0 spiro atoms. The number of hydrogen-bond donors (Lipinski definition) is 0. The Morgan fingerprint density at radius 1 is 1.06 bits per heavy atom. The summed E-state index contributed by atoms with van der Waals surface area (Å²) in [5.41, 5.74) is 3.99. The molecule has 0 aromatic heterocycles. The van der Waals surface area contributed by atoms with E-state index in [1.165, 1.54) is 7.11 Å². The van der Waals surface area contributed by atoms with Crippen molar-refractivity contribution in [1.29, 1.82) is 0 Å². The number of anilines is 1. The molecular weight excluding hydrogens is 390 g/mol. The van der Waals surface area contributed by atoms with Gasteiger partial charge < -0.3 is 4.74 Å². The molecule has 1 heterocycles. The lowest BCUT2D eigenvalue weighted by molar-refractivity contribution is -0.121. The molecule has 1 atom stereocenters. The summed E-state index contributed by atoms with van der Waals surface area (Å²) in [7, 11) is 1.32. The van der Waals surface area contributed by atoms with Crippen LogP contribution in [0.25, 0.3) is 0 Å². The van der Waals surface area contributed by atoms with Gasteiger partial charge in [0.25, 0.3) is 0 Å².